The van der Waals surface area contributed by atoms with E-state index in [0.717, 1.165) is 10.2 Å². The maximum absolute atomic E-state index is 11.5. The molecule has 0 saturated heterocycles. The first-order valence-corrected chi connectivity index (χ1v) is 5.73. The van der Waals surface area contributed by atoms with E-state index in [1.165, 1.54) is 7.11 Å². The highest BCUT2D eigenvalue weighted by molar-refractivity contribution is 9.10. The number of amides is 2. The molecule has 1 aromatic carbocycles. The molecule has 1 aromatic rings. The van der Waals surface area contributed by atoms with Crippen molar-refractivity contribution in [3.8, 4) is 0 Å². The van der Waals surface area contributed by atoms with E-state index in [9.17, 15) is 9.59 Å². The zero-order valence-electron chi connectivity index (χ0n) is 9.49. The lowest BCUT2D eigenvalue weighted by atomic mass is 10.2. The van der Waals surface area contributed by atoms with Crippen LogP contribution in [-0.4, -0.2) is 25.2 Å². The number of methoxy groups -OCH3 is 1. The first kappa shape index (κ1) is 13.5. The number of nitrogens with one attached hydrogen (secondary N) is 2. The molecule has 2 amide bonds. The van der Waals surface area contributed by atoms with E-state index in [-0.39, 0.29) is 0 Å². The number of alkyl carbamates (subject to hydrolysis) is 1. The van der Waals surface area contributed by atoms with Crippen molar-refractivity contribution < 1.29 is 14.3 Å². The summed E-state index contributed by atoms with van der Waals surface area (Å²) in [5.74, 6) is -0.445. The van der Waals surface area contributed by atoms with Crippen molar-refractivity contribution in [1.82, 2.24) is 5.32 Å². The number of anilines is 1. The van der Waals surface area contributed by atoms with Crippen LogP contribution in [0.4, 0.5) is 10.5 Å². The molecule has 1 atom stereocenters. The molecule has 2 N–H and O–H groups in total. The van der Waals surface area contributed by atoms with Crippen molar-refractivity contribution in [2.75, 3.05) is 12.4 Å². The minimum atomic E-state index is -0.764. The van der Waals surface area contributed by atoms with Gasteiger partial charge in [0.15, 0.2) is 0 Å². The van der Waals surface area contributed by atoms with Crippen LogP contribution in [0.15, 0.2) is 28.7 Å². The molecule has 0 aliphatic heterocycles. The van der Waals surface area contributed by atoms with Crippen molar-refractivity contribution in [1.29, 1.82) is 0 Å². The number of ether oxygens (including phenoxy) is 1. The standard InChI is InChI=1S/C11H13BrN2O3/c1-7(10(15)14-11(16)17-2)13-9-5-3-8(12)4-6-9/h3-7,13H,1-2H3,(H,14,15,16)/t7-/m0/s1. The van der Waals surface area contributed by atoms with Gasteiger partial charge >= 0.3 is 6.09 Å². The molecule has 0 radical (unpaired) electrons. The first-order chi connectivity index (χ1) is 8.02. The van der Waals surface area contributed by atoms with E-state index in [0.29, 0.717) is 0 Å². The molecule has 0 aliphatic rings. The van der Waals surface area contributed by atoms with Crippen molar-refractivity contribution in [3.05, 3.63) is 28.7 Å². The molecule has 17 heavy (non-hydrogen) atoms. The highest BCUT2D eigenvalue weighted by atomic mass is 79.9. The molecule has 0 heterocycles. The zero-order chi connectivity index (χ0) is 12.8. The van der Waals surface area contributed by atoms with Crippen LogP contribution in [-0.2, 0) is 9.53 Å². The van der Waals surface area contributed by atoms with Crippen LogP contribution in [0, 0.1) is 0 Å². The minimum absolute atomic E-state index is 0.445. The summed E-state index contributed by atoms with van der Waals surface area (Å²) in [6.07, 6.45) is -0.764. The van der Waals surface area contributed by atoms with Crippen LogP contribution in [0.2, 0.25) is 0 Å². The third kappa shape index (κ3) is 4.44. The lowest BCUT2D eigenvalue weighted by Crippen LogP contribution is -2.40. The van der Waals surface area contributed by atoms with Gasteiger partial charge in [0.2, 0.25) is 0 Å². The van der Waals surface area contributed by atoms with Crippen molar-refractivity contribution >= 4 is 33.6 Å². The Balaban J connectivity index is 2.54. The monoisotopic (exact) mass is 300 g/mol. The fourth-order valence-corrected chi connectivity index (χ4v) is 1.39. The summed E-state index contributed by atoms with van der Waals surface area (Å²) >= 11 is 3.31. The predicted molar refractivity (Wildman–Crippen MR) is 67.8 cm³/mol. The molecular formula is C11H13BrN2O3. The molecule has 0 spiro atoms. The number of rotatable bonds is 3. The molecule has 92 valence electrons. The number of hydrogen-bond acceptors (Lipinski definition) is 4. The van der Waals surface area contributed by atoms with Gasteiger partial charge in [-0.15, -0.1) is 0 Å². The van der Waals surface area contributed by atoms with Gasteiger partial charge in [0.25, 0.3) is 5.91 Å². The van der Waals surface area contributed by atoms with Gasteiger partial charge < -0.3 is 10.1 Å². The maximum atomic E-state index is 11.5. The van der Waals surface area contributed by atoms with Gasteiger partial charge in [0.1, 0.15) is 6.04 Å². The van der Waals surface area contributed by atoms with Gasteiger partial charge in [-0.3, -0.25) is 10.1 Å². The Morgan fingerprint density at radius 1 is 1.29 bits per heavy atom. The van der Waals surface area contributed by atoms with Crippen LogP contribution in [0.5, 0.6) is 0 Å². The highest BCUT2D eigenvalue weighted by Gasteiger charge is 2.15. The zero-order valence-corrected chi connectivity index (χ0v) is 11.1. The fourth-order valence-electron chi connectivity index (χ4n) is 1.12. The average molecular weight is 301 g/mol. The second-order valence-corrected chi connectivity index (χ2v) is 4.27. The molecule has 1 rings (SSSR count). The van der Waals surface area contributed by atoms with Crippen molar-refractivity contribution in [2.45, 2.75) is 13.0 Å². The number of carbonyl (C=O) groups is 2. The normalized spacial score (nSPS) is 11.5. The Kier molecular flexibility index (Phi) is 4.96. The molecule has 0 aromatic heterocycles. The SMILES string of the molecule is COC(=O)NC(=O)[C@H](C)Nc1ccc(Br)cc1. The summed E-state index contributed by atoms with van der Waals surface area (Å²) in [6.45, 7) is 1.65. The number of hydrogen-bond donors (Lipinski definition) is 2. The lowest BCUT2D eigenvalue weighted by Gasteiger charge is -2.14. The number of halogens is 1. The third-order valence-corrected chi connectivity index (χ3v) is 2.56. The Hall–Kier alpha value is -1.56. The van der Waals surface area contributed by atoms with Crippen molar-refractivity contribution in [2.24, 2.45) is 0 Å². The van der Waals surface area contributed by atoms with Crippen LogP contribution in [0.3, 0.4) is 0 Å². The molecule has 0 fully saturated rings. The second kappa shape index (κ2) is 6.24. The average Bonchev–Trinajstić information content (AvgIpc) is 2.31. The molecule has 5 nitrogen and oxygen atoms in total. The Labute approximate surface area is 108 Å². The quantitative estimate of drug-likeness (QED) is 0.897. The topological polar surface area (TPSA) is 67.4 Å². The summed E-state index contributed by atoms with van der Waals surface area (Å²) in [5, 5.41) is 5.05. The third-order valence-electron chi connectivity index (χ3n) is 2.03. The molecule has 0 saturated carbocycles. The Bertz CT molecular complexity index is 406. The smallest absolute Gasteiger partial charge is 0.413 e. The Morgan fingerprint density at radius 2 is 1.88 bits per heavy atom. The summed E-state index contributed by atoms with van der Waals surface area (Å²) in [7, 11) is 1.20. The summed E-state index contributed by atoms with van der Waals surface area (Å²) in [6, 6.07) is 6.83. The first-order valence-electron chi connectivity index (χ1n) is 4.94. The van der Waals surface area contributed by atoms with Crippen LogP contribution in [0.1, 0.15) is 6.92 Å². The molecule has 0 unspecified atom stereocenters. The van der Waals surface area contributed by atoms with Gasteiger partial charge in [-0.25, -0.2) is 4.79 Å². The highest BCUT2D eigenvalue weighted by Crippen LogP contribution is 2.14. The van der Waals surface area contributed by atoms with E-state index in [4.69, 9.17) is 0 Å². The van der Waals surface area contributed by atoms with Crippen LogP contribution >= 0.6 is 15.9 Å². The Morgan fingerprint density at radius 3 is 2.41 bits per heavy atom. The van der Waals surface area contributed by atoms with Crippen LogP contribution < -0.4 is 10.6 Å². The molecule has 0 aliphatic carbocycles. The van der Waals surface area contributed by atoms with Gasteiger partial charge in [0.05, 0.1) is 7.11 Å². The number of carbonyl (C=O) groups excluding carboxylic acids is 2. The number of imide groups is 1. The summed E-state index contributed by atoms with van der Waals surface area (Å²) in [5.41, 5.74) is 0.792. The second-order valence-electron chi connectivity index (χ2n) is 3.35. The van der Waals surface area contributed by atoms with Gasteiger partial charge in [-0.05, 0) is 31.2 Å². The molecule has 0 bridgehead atoms. The van der Waals surface area contributed by atoms with E-state index < -0.39 is 18.0 Å². The minimum Gasteiger partial charge on any atom is -0.453 e. The largest absolute Gasteiger partial charge is 0.453 e. The molecule has 6 heteroatoms. The van der Waals surface area contributed by atoms with Crippen LogP contribution in [0.25, 0.3) is 0 Å². The summed E-state index contributed by atoms with van der Waals surface area (Å²) < 4.78 is 5.29. The van der Waals surface area contributed by atoms with E-state index in [1.54, 1.807) is 6.92 Å². The maximum Gasteiger partial charge on any atom is 0.413 e. The lowest BCUT2D eigenvalue weighted by molar-refractivity contribution is -0.120. The van der Waals surface area contributed by atoms with E-state index in [2.05, 4.69) is 31.3 Å². The predicted octanol–water partition coefficient (Wildman–Crippen LogP) is 2.13. The van der Waals surface area contributed by atoms with E-state index >= 15 is 0 Å². The van der Waals surface area contributed by atoms with Gasteiger partial charge in [-0.2, -0.15) is 0 Å². The van der Waals surface area contributed by atoms with E-state index in [1.807, 2.05) is 24.3 Å². The number of benzene rings is 1. The van der Waals surface area contributed by atoms with Crippen molar-refractivity contribution in [3.63, 3.8) is 0 Å². The fraction of sp³-hybridized carbons (Fsp3) is 0.273. The molecular weight excluding hydrogens is 288 g/mol. The van der Waals surface area contributed by atoms with Gasteiger partial charge in [0, 0.05) is 10.2 Å². The van der Waals surface area contributed by atoms with Gasteiger partial charge in [-0.1, -0.05) is 15.9 Å². The summed E-state index contributed by atoms with van der Waals surface area (Å²) in [4.78, 5) is 22.3.